The van der Waals surface area contributed by atoms with Crippen molar-refractivity contribution in [3.05, 3.63) is 143 Å². The Morgan fingerprint density at radius 1 is 0.545 bits per heavy atom. The Morgan fingerprint density at radius 3 is 1.88 bits per heavy atom. The first-order valence-corrected chi connectivity index (χ1v) is 11.5. The highest BCUT2D eigenvalue weighted by molar-refractivity contribution is 6.32. The Labute approximate surface area is 196 Å². The molecular weight excluding hydrogens is 424 g/mol. The van der Waals surface area contributed by atoms with Gasteiger partial charge >= 0.3 is 0 Å². The van der Waals surface area contributed by atoms with Gasteiger partial charge in [0.15, 0.2) is 0 Å². The molecule has 0 saturated carbocycles. The van der Waals surface area contributed by atoms with Crippen molar-refractivity contribution in [2.24, 2.45) is 0 Å². The van der Waals surface area contributed by atoms with Crippen molar-refractivity contribution in [2.45, 2.75) is 5.41 Å². The van der Waals surface area contributed by atoms with Crippen LogP contribution in [0.1, 0.15) is 22.3 Å². The standard InChI is InChI=1S/C31H19ClO/c32-21-18-27(30-24-14-6-9-17-28(24)33-29(30)19-21)31(20-10-2-1-3-11-20)25-15-7-4-12-22(25)23-13-5-8-16-26(23)31/h1-19H. The monoisotopic (exact) mass is 442 g/mol. The first kappa shape index (κ1) is 18.7. The number of halogens is 1. The zero-order valence-corrected chi connectivity index (χ0v) is 18.5. The van der Waals surface area contributed by atoms with Gasteiger partial charge in [0.25, 0.3) is 0 Å². The van der Waals surface area contributed by atoms with Crippen LogP contribution in [-0.4, -0.2) is 0 Å². The molecule has 1 nitrogen and oxygen atoms in total. The van der Waals surface area contributed by atoms with E-state index in [1.807, 2.05) is 18.2 Å². The maximum absolute atomic E-state index is 6.77. The lowest BCUT2D eigenvalue weighted by molar-refractivity contribution is 0.667. The molecule has 33 heavy (non-hydrogen) atoms. The number of benzene rings is 5. The Kier molecular flexibility index (Phi) is 3.88. The summed E-state index contributed by atoms with van der Waals surface area (Å²) in [4.78, 5) is 0. The second-order valence-corrected chi connectivity index (χ2v) is 9.07. The highest BCUT2D eigenvalue weighted by Gasteiger charge is 2.47. The van der Waals surface area contributed by atoms with Gasteiger partial charge in [0.05, 0.1) is 5.41 Å². The molecule has 7 rings (SSSR count). The van der Waals surface area contributed by atoms with Gasteiger partial charge in [-0.05, 0) is 45.5 Å². The van der Waals surface area contributed by atoms with Crippen molar-refractivity contribution >= 4 is 33.5 Å². The summed E-state index contributed by atoms with van der Waals surface area (Å²) in [6, 6.07) is 40.6. The average molecular weight is 443 g/mol. The second kappa shape index (κ2) is 6.84. The van der Waals surface area contributed by atoms with Crippen LogP contribution in [0.25, 0.3) is 33.1 Å². The van der Waals surface area contributed by atoms with E-state index in [0.29, 0.717) is 5.02 Å². The summed E-state index contributed by atoms with van der Waals surface area (Å²) < 4.78 is 6.31. The molecule has 0 spiro atoms. The zero-order chi connectivity index (χ0) is 22.0. The summed E-state index contributed by atoms with van der Waals surface area (Å²) in [5.41, 5.74) is 8.61. The van der Waals surface area contributed by atoms with Crippen molar-refractivity contribution in [2.75, 3.05) is 0 Å². The van der Waals surface area contributed by atoms with Crippen molar-refractivity contribution in [3.8, 4) is 11.1 Å². The van der Waals surface area contributed by atoms with E-state index >= 15 is 0 Å². The maximum Gasteiger partial charge on any atom is 0.137 e. The molecule has 0 N–H and O–H groups in total. The molecule has 2 heteroatoms. The summed E-state index contributed by atoms with van der Waals surface area (Å²) in [5.74, 6) is 0. The van der Waals surface area contributed by atoms with Gasteiger partial charge in [-0.3, -0.25) is 0 Å². The van der Waals surface area contributed by atoms with E-state index in [0.717, 1.165) is 27.5 Å². The number of furan rings is 1. The van der Waals surface area contributed by atoms with E-state index < -0.39 is 5.41 Å². The quantitative estimate of drug-likeness (QED) is 0.261. The lowest BCUT2D eigenvalue weighted by Crippen LogP contribution is -2.28. The van der Waals surface area contributed by atoms with Crippen molar-refractivity contribution in [3.63, 3.8) is 0 Å². The van der Waals surface area contributed by atoms with Gasteiger partial charge in [0.1, 0.15) is 11.2 Å². The van der Waals surface area contributed by atoms with Crippen LogP contribution in [0.15, 0.2) is 120 Å². The van der Waals surface area contributed by atoms with E-state index in [1.54, 1.807) is 0 Å². The predicted molar refractivity (Wildman–Crippen MR) is 136 cm³/mol. The number of hydrogen-bond acceptors (Lipinski definition) is 1. The number of hydrogen-bond donors (Lipinski definition) is 0. The Morgan fingerprint density at radius 2 is 1.15 bits per heavy atom. The molecular formula is C31H19ClO. The molecule has 6 aromatic rings. The highest BCUT2D eigenvalue weighted by atomic mass is 35.5. The molecule has 0 saturated heterocycles. The largest absolute Gasteiger partial charge is 0.456 e. The summed E-state index contributed by atoms with van der Waals surface area (Å²) >= 11 is 6.77. The molecule has 0 unspecified atom stereocenters. The van der Waals surface area contributed by atoms with Gasteiger partial charge in [-0.1, -0.05) is 109 Å². The lowest BCUT2D eigenvalue weighted by Gasteiger charge is -2.34. The Balaban J connectivity index is 1.76. The second-order valence-electron chi connectivity index (χ2n) is 8.63. The minimum absolute atomic E-state index is 0.510. The van der Waals surface area contributed by atoms with Crippen LogP contribution in [0.2, 0.25) is 5.02 Å². The smallest absolute Gasteiger partial charge is 0.137 e. The number of rotatable bonds is 2. The van der Waals surface area contributed by atoms with Crippen LogP contribution in [0.3, 0.4) is 0 Å². The van der Waals surface area contributed by atoms with Gasteiger partial charge in [0.2, 0.25) is 0 Å². The summed E-state index contributed by atoms with van der Waals surface area (Å²) in [7, 11) is 0. The Bertz CT molecular complexity index is 1630. The van der Waals surface area contributed by atoms with E-state index in [4.69, 9.17) is 16.0 Å². The van der Waals surface area contributed by atoms with Crippen molar-refractivity contribution in [1.82, 2.24) is 0 Å². The van der Waals surface area contributed by atoms with E-state index in [9.17, 15) is 0 Å². The fourth-order valence-electron chi connectivity index (χ4n) is 5.80. The average Bonchev–Trinajstić information content (AvgIpc) is 3.38. The third kappa shape index (κ3) is 2.43. The molecule has 156 valence electrons. The minimum Gasteiger partial charge on any atom is -0.456 e. The normalized spacial score (nSPS) is 13.8. The zero-order valence-electron chi connectivity index (χ0n) is 17.8. The fourth-order valence-corrected chi connectivity index (χ4v) is 6.00. The topological polar surface area (TPSA) is 13.1 Å². The third-order valence-corrected chi connectivity index (χ3v) is 7.22. The van der Waals surface area contributed by atoms with Crippen LogP contribution < -0.4 is 0 Å². The SMILES string of the molecule is Clc1cc(C2(c3ccccc3)c3ccccc3-c3ccccc32)c2c(c1)oc1ccccc12. The third-order valence-electron chi connectivity index (χ3n) is 7.01. The predicted octanol–water partition coefficient (Wildman–Crippen LogP) is 8.60. The van der Waals surface area contributed by atoms with Gasteiger partial charge in [-0.2, -0.15) is 0 Å². The van der Waals surface area contributed by atoms with Gasteiger partial charge in [-0.25, -0.2) is 0 Å². The molecule has 1 aliphatic rings. The molecule has 0 atom stereocenters. The molecule has 0 radical (unpaired) electrons. The fraction of sp³-hybridized carbons (Fsp3) is 0.0323. The van der Waals surface area contributed by atoms with Crippen LogP contribution in [0.4, 0.5) is 0 Å². The number of para-hydroxylation sites is 1. The van der Waals surface area contributed by atoms with E-state index in [-0.39, 0.29) is 0 Å². The van der Waals surface area contributed by atoms with Crippen LogP contribution in [0, 0.1) is 0 Å². The first-order valence-electron chi connectivity index (χ1n) is 11.1. The van der Waals surface area contributed by atoms with Crippen molar-refractivity contribution in [1.29, 1.82) is 0 Å². The molecule has 1 aromatic heterocycles. The summed E-state index contributed by atoms with van der Waals surface area (Å²) in [5, 5.41) is 2.90. The minimum atomic E-state index is -0.510. The number of fused-ring (bicyclic) bond motifs is 6. The summed E-state index contributed by atoms with van der Waals surface area (Å²) in [6.07, 6.45) is 0. The molecule has 5 aromatic carbocycles. The van der Waals surface area contributed by atoms with Gasteiger partial charge in [-0.15, -0.1) is 0 Å². The van der Waals surface area contributed by atoms with E-state index in [2.05, 4.69) is 97.1 Å². The van der Waals surface area contributed by atoms with Gasteiger partial charge < -0.3 is 4.42 Å². The molecule has 1 aliphatic carbocycles. The summed E-state index contributed by atoms with van der Waals surface area (Å²) in [6.45, 7) is 0. The van der Waals surface area contributed by atoms with E-state index in [1.165, 1.54) is 27.8 Å². The van der Waals surface area contributed by atoms with Crippen molar-refractivity contribution < 1.29 is 4.42 Å². The Hall–Kier alpha value is -3.81. The molecule has 0 bridgehead atoms. The van der Waals surface area contributed by atoms with Gasteiger partial charge in [0, 0.05) is 21.9 Å². The highest BCUT2D eigenvalue weighted by Crippen LogP contribution is 2.58. The van der Waals surface area contributed by atoms with Crippen LogP contribution in [-0.2, 0) is 5.41 Å². The molecule has 0 amide bonds. The molecule has 1 heterocycles. The molecule has 0 fully saturated rings. The van der Waals surface area contributed by atoms with Crippen LogP contribution >= 0.6 is 11.6 Å². The van der Waals surface area contributed by atoms with Crippen LogP contribution in [0.5, 0.6) is 0 Å². The lowest BCUT2D eigenvalue weighted by atomic mass is 9.66. The maximum atomic E-state index is 6.77. The first-order chi connectivity index (χ1) is 16.3. The molecule has 0 aliphatic heterocycles.